The van der Waals surface area contributed by atoms with Gasteiger partial charge in [0, 0.05) is 43.2 Å². The van der Waals surface area contributed by atoms with Crippen molar-refractivity contribution >= 4 is 17.6 Å². The number of likely N-dealkylation sites (tertiary alicyclic amines) is 1. The first-order chi connectivity index (χ1) is 19.0. The third kappa shape index (κ3) is 6.92. The van der Waals surface area contributed by atoms with Gasteiger partial charge >= 0.3 is 5.97 Å². The van der Waals surface area contributed by atoms with Crippen molar-refractivity contribution in [2.24, 2.45) is 10.8 Å². The maximum absolute atomic E-state index is 12.2. The second-order valence-electron chi connectivity index (χ2n) is 13.1. The van der Waals surface area contributed by atoms with Gasteiger partial charge in [-0.25, -0.2) is 0 Å². The molecular weight excluding hydrogens is 508 g/mol. The van der Waals surface area contributed by atoms with E-state index in [1.54, 1.807) is 6.07 Å². The van der Waals surface area contributed by atoms with E-state index in [1.165, 1.54) is 19.3 Å². The number of aliphatic hydroxyl groups excluding tert-OH is 1. The number of hydrogen-bond donors (Lipinski definition) is 3. The van der Waals surface area contributed by atoms with E-state index in [4.69, 9.17) is 14.6 Å². The molecule has 2 aromatic carbocycles. The number of rotatable bonds is 9. The molecule has 2 bridgehead atoms. The molecule has 3 fully saturated rings. The lowest BCUT2D eigenvalue weighted by Crippen LogP contribution is -2.42. The van der Waals surface area contributed by atoms with Crippen molar-refractivity contribution in [3.8, 4) is 0 Å². The van der Waals surface area contributed by atoms with Crippen LogP contribution in [0.4, 0.5) is 5.69 Å². The summed E-state index contributed by atoms with van der Waals surface area (Å²) in [7, 11) is 0. The zero-order chi connectivity index (χ0) is 28.5. The van der Waals surface area contributed by atoms with Crippen LogP contribution < -0.4 is 5.32 Å². The number of amides is 1. The first kappa shape index (κ1) is 28.7. The van der Waals surface area contributed by atoms with Crippen molar-refractivity contribution in [3.63, 3.8) is 0 Å². The molecule has 216 valence electrons. The number of aliphatic carboxylic acids is 1. The van der Waals surface area contributed by atoms with Gasteiger partial charge in [0.15, 0.2) is 6.29 Å². The standard InChI is InChI=1S/C32H42N2O6/c1-31(2)15-25-16-32(3,19-31)20-34(25)17-26-14-27(22-9-7-21(18-35)8-10-22)40-30(39-26)23-5-4-6-24(13-23)33-28(36)11-12-29(37)38/h4-10,13,25-27,30,35H,11-12,14-20H2,1-3H3,(H,33,36)(H,37,38). The Bertz CT molecular complexity index is 1210. The van der Waals surface area contributed by atoms with Crippen molar-refractivity contribution in [2.75, 3.05) is 18.4 Å². The third-order valence-electron chi connectivity index (χ3n) is 8.58. The van der Waals surface area contributed by atoms with Gasteiger partial charge in [0.2, 0.25) is 5.91 Å². The van der Waals surface area contributed by atoms with Crippen molar-refractivity contribution in [1.29, 1.82) is 0 Å². The van der Waals surface area contributed by atoms with E-state index >= 15 is 0 Å². The van der Waals surface area contributed by atoms with Crippen LogP contribution in [0.1, 0.15) is 88.4 Å². The molecule has 0 radical (unpaired) electrons. The number of carbonyl (C=O) groups is 2. The molecule has 1 saturated carbocycles. The fourth-order valence-electron chi connectivity index (χ4n) is 7.29. The van der Waals surface area contributed by atoms with Crippen LogP contribution in [0.25, 0.3) is 0 Å². The summed E-state index contributed by atoms with van der Waals surface area (Å²) in [6.45, 7) is 9.13. The smallest absolute Gasteiger partial charge is 0.303 e. The zero-order valence-corrected chi connectivity index (χ0v) is 23.8. The lowest BCUT2D eigenvalue weighted by Gasteiger charge is -2.41. The molecule has 2 aromatic rings. The van der Waals surface area contributed by atoms with Crippen LogP contribution in [0.3, 0.4) is 0 Å². The Morgan fingerprint density at radius 2 is 1.80 bits per heavy atom. The van der Waals surface area contributed by atoms with Gasteiger partial charge in [-0.3, -0.25) is 14.5 Å². The number of fused-ring (bicyclic) bond motifs is 2. The normalized spacial score (nSPS) is 29.7. The molecule has 8 nitrogen and oxygen atoms in total. The van der Waals surface area contributed by atoms with Crippen LogP contribution in [-0.2, 0) is 25.7 Å². The predicted molar refractivity (Wildman–Crippen MR) is 151 cm³/mol. The fourth-order valence-corrected chi connectivity index (χ4v) is 7.29. The number of aliphatic hydroxyl groups is 1. The molecule has 3 aliphatic rings. The van der Waals surface area contributed by atoms with Crippen LogP contribution in [-0.4, -0.2) is 52.2 Å². The summed E-state index contributed by atoms with van der Waals surface area (Å²) >= 11 is 0. The molecule has 1 aliphatic carbocycles. The van der Waals surface area contributed by atoms with Gasteiger partial charge in [-0.05, 0) is 53.4 Å². The summed E-state index contributed by atoms with van der Waals surface area (Å²) in [6, 6.07) is 15.8. The average molecular weight is 551 g/mol. The summed E-state index contributed by atoms with van der Waals surface area (Å²) in [6.07, 6.45) is 3.26. The van der Waals surface area contributed by atoms with Gasteiger partial charge in [-0.2, -0.15) is 0 Å². The number of hydrogen-bond acceptors (Lipinski definition) is 6. The number of nitrogens with one attached hydrogen (secondary N) is 1. The number of carbonyl (C=O) groups excluding carboxylic acids is 1. The van der Waals surface area contributed by atoms with Gasteiger partial charge < -0.3 is 25.0 Å². The number of nitrogens with zero attached hydrogens (tertiary/aromatic N) is 1. The second kappa shape index (κ2) is 11.6. The molecular formula is C32H42N2O6. The van der Waals surface area contributed by atoms with Crippen LogP contribution in [0.15, 0.2) is 48.5 Å². The van der Waals surface area contributed by atoms with Gasteiger partial charge in [-0.15, -0.1) is 0 Å². The summed E-state index contributed by atoms with van der Waals surface area (Å²) in [4.78, 5) is 25.7. The van der Waals surface area contributed by atoms with E-state index in [0.29, 0.717) is 22.6 Å². The van der Waals surface area contributed by atoms with Crippen molar-refractivity contribution in [3.05, 3.63) is 65.2 Å². The number of anilines is 1. The molecule has 40 heavy (non-hydrogen) atoms. The first-order valence-electron chi connectivity index (χ1n) is 14.4. The minimum Gasteiger partial charge on any atom is -0.481 e. The Kier molecular flexibility index (Phi) is 8.34. The largest absolute Gasteiger partial charge is 0.481 e. The van der Waals surface area contributed by atoms with E-state index in [9.17, 15) is 14.7 Å². The van der Waals surface area contributed by atoms with E-state index in [-0.39, 0.29) is 37.6 Å². The monoisotopic (exact) mass is 550 g/mol. The van der Waals surface area contributed by atoms with E-state index in [2.05, 4.69) is 31.0 Å². The Morgan fingerprint density at radius 3 is 2.52 bits per heavy atom. The van der Waals surface area contributed by atoms with Gasteiger partial charge in [0.25, 0.3) is 0 Å². The van der Waals surface area contributed by atoms with Crippen LogP contribution in [0.2, 0.25) is 0 Å². The minimum atomic E-state index is -1.00. The molecule has 5 unspecified atom stereocenters. The van der Waals surface area contributed by atoms with Gasteiger partial charge in [0.05, 0.1) is 25.2 Å². The minimum absolute atomic E-state index is 0.00337. The number of benzene rings is 2. The van der Waals surface area contributed by atoms with E-state index in [1.807, 2.05) is 42.5 Å². The van der Waals surface area contributed by atoms with Crippen molar-refractivity contribution in [1.82, 2.24) is 4.90 Å². The maximum Gasteiger partial charge on any atom is 0.303 e. The maximum atomic E-state index is 12.2. The number of carboxylic acids is 1. The van der Waals surface area contributed by atoms with E-state index in [0.717, 1.165) is 36.2 Å². The van der Waals surface area contributed by atoms with Gasteiger partial charge in [0.1, 0.15) is 0 Å². The molecule has 8 heteroatoms. The SMILES string of the molecule is CC1(C)CC2CC(C)(CN2CC2CC(c3ccc(CO)cc3)OC(c3cccc(NC(=O)CCC(=O)O)c3)O2)C1. The zero-order valence-electron chi connectivity index (χ0n) is 23.8. The Hall–Kier alpha value is -2.78. The van der Waals surface area contributed by atoms with Crippen molar-refractivity contribution < 1.29 is 29.3 Å². The number of carboxylic acid groups (broad SMARTS) is 1. The van der Waals surface area contributed by atoms with E-state index < -0.39 is 12.3 Å². The Labute approximate surface area is 236 Å². The predicted octanol–water partition coefficient (Wildman–Crippen LogP) is 5.43. The fraction of sp³-hybridized carbons (Fsp3) is 0.562. The summed E-state index contributed by atoms with van der Waals surface area (Å²) < 4.78 is 13.1. The summed E-state index contributed by atoms with van der Waals surface area (Å²) in [5.41, 5.74) is 3.96. The highest BCUT2D eigenvalue weighted by molar-refractivity contribution is 5.92. The van der Waals surface area contributed by atoms with Crippen LogP contribution in [0.5, 0.6) is 0 Å². The highest BCUT2D eigenvalue weighted by Gasteiger charge is 2.50. The summed E-state index contributed by atoms with van der Waals surface area (Å²) in [5.74, 6) is -1.35. The van der Waals surface area contributed by atoms with Crippen molar-refractivity contribution in [2.45, 2.75) is 90.4 Å². The third-order valence-corrected chi connectivity index (χ3v) is 8.58. The first-order valence-corrected chi connectivity index (χ1v) is 14.4. The molecule has 0 aromatic heterocycles. The molecule has 2 aliphatic heterocycles. The number of ether oxygens (including phenoxy) is 2. The Balaban J connectivity index is 1.35. The molecule has 5 atom stereocenters. The second-order valence-corrected chi connectivity index (χ2v) is 13.1. The average Bonchev–Trinajstić information content (AvgIpc) is 3.14. The highest BCUT2D eigenvalue weighted by Crippen LogP contribution is 2.53. The van der Waals surface area contributed by atoms with Crippen LogP contribution >= 0.6 is 0 Å². The van der Waals surface area contributed by atoms with Crippen LogP contribution in [0, 0.1) is 10.8 Å². The molecule has 2 heterocycles. The Morgan fingerprint density at radius 1 is 1.02 bits per heavy atom. The molecule has 3 N–H and O–H groups in total. The molecule has 2 saturated heterocycles. The quantitative estimate of drug-likeness (QED) is 0.382. The highest BCUT2D eigenvalue weighted by atomic mass is 16.7. The molecule has 0 spiro atoms. The lowest BCUT2D eigenvalue weighted by molar-refractivity contribution is -0.253. The summed E-state index contributed by atoms with van der Waals surface area (Å²) in [5, 5.41) is 21.2. The lowest BCUT2D eigenvalue weighted by atomic mass is 9.65. The topological polar surface area (TPSA) is 108 Å². The van der Waals surface area contributed by atoms with Gasteiger partial charge in [-0.1, -0.05) is 57.2 Å². The molecule has 5 rings (SSSR count). The molecule has 1 amide bonds.